The van der Waals surface area contributed by atoms with E-state index in [1.54, 1.807) is 11.3 Å². The van der Waals surface area contributed by atoms with Crippen LogP contribution >= 0.6 is 11.3 Å². The molecule has 0 saturated carbocycles. The van der Waals surface area contributed by atoms with Crippen molar-refractivity contribution in [1.82, 2.24) is 16.0 Å². The van der Waals surface area contributed by atoms with Crippen molar-refractivity contribution in [3.63, 3.8) is 0 Å². The monoisotopic (exact) mass is 257 g/mol. The van der Waals surface area contributed by atoms with Crippen molar-refractivity contribution in [2.24, 2.45) is 5.41 Å². The van der Waals surface area contributed by atoms with Gasteiger partial charge in [-0.15, -0.1) is 11.3 Å². The lowest BCUT2D eigenvalue weighted by atomic mass is 9.80. The predicted octanol–water partition coefficient (Wildman–Crippen LogP) is 0.426. The van der Waals surface area contributed by atoms with Crippen LogP contribution in [0.3, 0.4) is 0 Å². The lowest BCUT2D eigenvalue weighted by Gasteiger charge is -2.37. The van der Waals surface area contributed by atoms with Crippen LogP contribution in [0.5, 0.6) is 0 Å². The number of nitrogens with one attached hydrogen (secondary N) is 3. The Kier molecular flexibility index (Phi) is 6.08. The van der Waals surface area contributed by atoms with E-state index in [0.717, 1.165) is 24.5 Å². The minimum Gasteiger partial charge on any atom is -0.387 e. The highest BCUT2D eigenvalue weighted by Gasteiger charge is 2.37. The van der Waals surface area contributed by atoms with Crippen LogP contribution in [0.15, 0.2) is 17.5 Å². The Bertz CT molecular complexity index is 286. The first kappa shape index (κ1) is 14.6. The van der Waals surface area contributed by atoms with E-state index < -0.39 is 6.10 Å². The molecule has 0 aliphatic rings. The molecule has 0 aromatic carbocycles. The summed E-state index contributed by atoms with van der Waals surface area (Å²) in [4.78, 5) is 1.02. The average molecular weight is 257 g/mol. The summed E-state index contributed by atoms with van der Waals surface area (Å²) in [5.41, 5.74) is -0.233. The van der Waals surface area contributed by atoms with Gasteiger partial charge in [0, 0.05) is 29.9 Å². The van der Waals surface area contributed by atoms with Crippen LogP contribution in [0.2, 0.25) is 0 Å². The van der Waals surface area contributed by atoms with Crippen molar-refractivity contribution in [3.05, 3.63) is 22.4 Å². The van der Waals surface area contributed by atoms with Gasteiger partial charge in [-0.25, -0.2) is 0 Å². The Labute approximate surface area is 107 Å². The standard InChI is InChI=1S/C12H23N3OS/c1-13-7-12(8-14-2,9-15-3)11(16)10-5-4-6-17-10/h4-6,11,13-16H,7-9H2,1-3H3. The van der Waals surface area contributed by atoms with E-state index in [-0.39, 0.29) is 5.41 Å². The molecule has 0 amide bonds. The first-order valence-electron chi connectivity index (χ1n) is 5.85. The topological polar surface area (TPSA) is 56.3 Å². The van der Waals surface area contributed by atoms with Gasteiger partial charge in [-0.05, 0) is 32.6 Å². The summed E-state index contributed by atoms with van der Waals surface area (Å²) in [6.45, 7) is 2.27. The maximum atomic E-state index is 10.6. The van der Waals surface area contributed by atoms with Crippen molar-refractivity contribution >= 4 is 11.3 Å². The Morgan fingerprint density at radius 3 is 2.06 bits per heavy atom. The Hall–Kier alpha value is -0.460. The molecule has 1 unspecified atom stereocenters. The van der Waals surface area contributed by atoms with Crippen LogP contribution in [-0.4, -0.2) is 45.9 Å². The van der Waals surface area contributed by atoms with Gasteiger partial charge in [0.1, 0.15) is 0 Å². The summed E-state index contributed by atoms with van der Waals surface area (Å²) in [6.07, 6.45) is -0.463. The van der Waals surface area contributed by atoms with Gasteiger partial charge < -0.3 is 21.1 Å². The van der Waals surface area contributed by atoms with Gasteiger partial charge in [-0.3, -0.25) is 0 Å². The zero-order valence-corrected chi connectivity index (χ0v) is 11.6. The normalized spacial score (nSPS) is 13.9. The van der Waals surface area contributed by atoms with E-state index in [2.05, 4.69) is 16.0 Å². The summed E-state index contributed by atoms with van der Waals surface area (Å²) in [7, 11) is 5.75. The number of hydrogen-bond acceptors (Lipinski definition) is 5. The van der Waals surface area contributed by atoms with E-state index >= 15 is 0 Å². The quantitative estimate of drug-likeness (QED) is 0.545. The molecule has 0 aliphatic carbocycles. The molecule has 0 fully saturated rings. The molecule has 1 atom stereocenters. The van der Waals surface area contributed by atoms with Gasteiger partial charge in [0.15, 0.2) is 0 Å². The Morgan fingerprint density at radius 2 is 1.71 bits per heavy atom. The van der Waals surface area contributed by atoms with Crippen LogP contribution in [0, 0.1) is 5.41 Å². The van der Waals surface area contributed by atoms with Gasteiger partial charge in [-0.1, -0.05) is 6.07 Å². The average Bonchev–Trinajstić information content (AvgIpc) is 2.82. The van der Waals surface area contributed by atoms with E-state index in [0.29, 0.717) is 0 Å². The summed E-state index contributed by atoms with van der Waals surface area (Å²) in [5, 5.41) is 22.2. The number of thiophene rings is 1. The molecule has 0 bridgehead atoms. The van der Waals surface area contributed by atoms with Gasteiger partial charge in [0.05, 0.1) is 6.10 Å². The molecule has 1 rings (SSSR count). The second kappa shape index (κ2) is 7.08. The Balaban J connectivity index is 2.93. The lowest BCUT2D eigenvalue weighted by molar-refractivity contribution is 0.0288. The van der Waals surface area contributed by atoms with Crippen LogP contribution in [0.25, 0.3) is 0 Å². The van der Waals surface area contributed by atoms with E-state index in [4.69, 9.17) is 0 Å². The molecular formula is C12H23N3OS. The molecule has 5 heteroatoms. The molecule has 1 heterocycles. The smallest absolute Gasteiger partial charge is 0.0974 e. The zero-order valence-electron chi connectivity index (χ0n) is 10.8. The van der Waals surface area contributed by atoms with Gasteiger partial charge in [-0.2, -0.15) is 0 Å². The van der Waals surface area contributed by atoms with Gasteiger partial charge >= 0.3 is 0 Å². The molecule has 4 N–H and O–H groups in total. The number of rotatable bonds is 8. The fraction of sp³-hybridized carbons (Fsp3) is 0.667. The van der Waals surface area contributed by atoms with Crippen molar-refractivity contribution in [1.29, 1.82) is 0 Å². The van der Waals surface area contributed by atoms with Crippen LogP contribution in [0.4, 0.5) is 0 Å². The summed E-state index contributed by atoms with van der Waals surface area (Å²) in [6, 6.07) is 3.97. The van der Waals surface area contributed by atoms with Gasteiger partial charge in [0.2, 0.25) is 0 Å². The van der Waals surface area contributed by atoms with Crippen LogP contribution in [-0.2, 0) is 0 Å². The van der Waals surface area contributed by atoms with E-state index in [1.807, 2.05) is 38.7 Å². The number of hydrogen-bond donors (Lipinski definition) is 4. The lowest BCUT2D eigenvalue weighted by Crippen LogP contribution is -2.50. The highest BCUT2D eigenvalue weighted by atomic mass is 32.1. The number of aliphatic hydroxyl groups excluding tert-OH is 1. The maximum absolute atomic E-state index is 10.6. The largest absolute Gasteiger partial charge is 0.387 e. The molecule has 1 aromatic heterocycles. The second-order valence-electron chi connectivity index (χ2n) is 4.37. The van der Waals surface area contributed by atoms with E-state index in [1.165, 1.54) is 0 Å². The third-order valence-electron chi connectivity index (χ3n) is 2.98. The molecule has 0 saturated heterocycles. The minimum absolute atomic E-state index is 0.233. The molecular weight excluding hydrogens is 234 g/mol. The minimum atomic E-state index is -0.463. The summed E-state index contributed by atoms with van der Waals surface area (Å²) in [5.74, 6) is 0. The van der Waals surface area contributed by atoms with Crippen molar-refractivity contribution in [2.75, 3.05) is 40.8 Å². The highest BCUT2D eigenvalue weighted by Crippen LogP contribution is 2.35. The molecule has 1 aromatic rings. The van der Waals surface area contributed by atoms with Crippen LogP contribution in [0.1, 0.15) is 11.0 Å². The fourth-order valence-corrected chi connectivity index (χ4v) is 3.13. The number of aliphatic hydroxyl groups is 1. The SMILES string of the molecule is CNCC(CNC)(CNC)C(O)c1cccs1. The van der Waals surface area contributed by atoms with Gasteiger partial charge in [0.25, 0.3) is 0 Å². The Morgan fingerprint density at radius 1 is 1.18 bits per heavy atom. The molecule has 0 spiro atoms. The van der Waals surface area contributed by atoms with Crippen molar-refractivity contribution in [2.45, 2.75) is 6.10 Å². The van der Waals surface area contributed by atoms with E-state index in [9.17, 15) is 5.11 Å². The third kappa shape index (κ3) is 3.50. The molecule has 0 radical (unpaired) electrons. The third-order valence-corrected chi connectivity index (χ3v) is 3.90. The first-order chi connectivity index (χ1) is 8.20. The van der Waals surface area contributed by atoms with Crippen LogP contribution < -0.4 is 16.0 Å². The van der Waals surface area contributed by atoms with Crippen molar-refractivity contribution < 1.29 is 5.11 Å². The highest BCUT2D eigenvalue weighted by molar-refractivity contribution is 7.10. The summed E-state index contributed by atoms with van der Waals surface area (Å²) >= 11 is 1.60. The second-order valence-corrected chi connectivity index (χ2v) is 5.35. The summed E-state index contributed by atoms with van der Waals surface area (Å²) < 4.78 is 0. The molecule has 4 nitrogen and oxygen atoms in total. The first-order valence-corrected chi connectivity index (χ1v) is 6.73. The zero-order chi connectivity index (χ0) is 12.7. The van der Waals surface area contributed by atoms with Crippen molar-refractivity contribution in [3.8, 4) is 0 Å². The molecule has 0 aliphatic heterocycles. The maximum Gasteiger partial charge on any atom is 0.0974 e. The molecule has 98 valence electrons. The predicted molar refractivity (Wildman–Crippen MR) is 73.5 cm³/mol. The fourth-order valence-electron chi connectivity index (χ4n) is 2.28. The molecule has 17 heavy (non-hydrogen) atoms.